The molecule has 1 aromatic rings. The van der Waals surface area contributed by atoms with E-state index < -0.39 is 6.46 Å². The number of amides is 1. The summed E-state index contributed by atoms with van der Waals surface area (Å²) in [4.78, 5) is 12.5. The summed E-state index contributed by atoms with van der Waals surface area (Å²) in [6.07, 6.45) is 1.85. The van der Waals surface area contributed by atoms with Crippen LogP contribution in [0.3, 0.4) is 0 Å². The average Bonchev–Trinajstić information content (AvgIpc) is 3.02. The minimum atomic E-state index is -1.60. The number of carbonyl (C=O) groups is 1. The molecule has 1 N–H and O–H groups in total. The summed E-state index contributed by atoms with van der Waals surface area (Å²) in [5.74, 6) is 0.0920. The molecule has 1 saturated carbocycles. The molecule has 0 spiro atoms. The Hall–Kier alpha value is -0.240. The molecule has 0 saturated heterocycles. The number of hydrogen-bond acceptors (Lipinski definition) is 2. The maximum absolute atomic E-state index is 12.5. The van der Waals surface area contributed by atoms with Gasteiger partial charge in [0.15, 0.2) is 0 Å². The second-order valence-corrected chi connectivity index (χ2v) is 12.5. The highest BCUT2D eigenvalue weighted by atomic mass is 35.5. The Labute approximate surface area is 125 Å². The number of aryl methyl sites for hydroxylation is 2. The van der Waals surface area contributed by atoms with Gasteiger partial charge in [-0.1, -0.05) is 18.1 Å². The summed E-state index contributed by atoms with van der Waals surface area (Å²) in [6.45, 7) is 6.46. The fourth-order valence-electron chi connectivity index (χ4n) is 2.47. The number of carbonyl (C=O) groups excluding carboxylic acids is 1. The highest BCUT2D eigenvalue weighted by molar-refractivity contribution is 8.42. The summed E-state index contributed by atoms with van der Waals surface area (Å²) in [5, 5.41) is 3.50. The fraction of sp³-hybridized carbons (Fsp3) is 0.500. The van der Waals surface area contributed by atoms with Crippen molar-refractivity contribution in [3.8, 4) is 0 Å². The van der Waals surface area contributed by atoms with Crippen molar-refractivity contribution in [3.05, 3.63) is 28.3 Å². The minimum absolute atomic E-state index is 0.0920. The van der Waals surface area contributed by atoms with Crippen LogP contribution in [0, 0.1) is 13.8 Å². The molecule has 104 valence electrons. The van der Waals surface area contributed by atoms with E-state index in [2.05, 4.69) is 18.6 Å². The molecule has 1 aliphatic carbocycles. The van der Waals surface area contributed by atoms with Gasteiger partial charge >= 0.3 is 0 Å². The van der Waals surface area contributed by atoms with Gasteiger partial charge in [0.05, 0.1) is 0 Å². The molecule has 0 radical (unpaired) electrons. The molecule has 1 amide bonds. The minimum Gasteiger partial charge on any atom is -0.556 e. The third-order valence-electron chi connectivity index (χ3n) is 3.91. The van der Waals surface area contributed by atoms with Crippen molar-refractivity contribution in [3.63, 3.8) is 0 Å². The molecular weight excluding hydrogens is 297 g/mol. The maximum Gasteiger partial charge on any atom is 0.266 e. The lowest BCUT2D eigenvalue weighted by molar-refractivity contribution is -0.116. The summed E-state index contributed by atoms with van der Waals surface area (Å²) in [6, 6.07) is 3.75. The van der Waals surface area contributed by atoms with Gasteiger partial charge in [0.1, 0.15) is 5.16 Å². The lowest BCUT2D eigenvalue weighted by atomic mass is 10.1. The largest absolute Gasteiger partial charge is 0.556 e. The van der Waals surface area contributed by atoms with Gasteiger partial charge in [-0.05, 0) is 49.9 Å². The van der Waals surface area contributed by atoms with Crippen molar-refractivity contribution >= 4 is 41.9 Å². The van der Waals surface area contributed by atoms with Crippen molar-refractivity contribution in [2.45, 2.75) is 31.8 Å². The van der Waals surface area contributed by atoms with E-state index in [1.54, 1.807) is 0 Å². The van der Waals surface area contributed by atoms with Crippen LogP contribution in [-0.2, 0) is 17.0 Å². The Bertz CT molecular complexity index is 512. The Morgan fingerprint density at radius 3 is 2.16 bits per heavy atom. The summed E-state index contributed by atoms with van der Waals surface area (Å²) < 4.78 is 0. The van der Waals surface area contributed by atoms with Crippen LogP contribution in [0.15, 0.2) is 12.1 Å². The first-order valence-electron chi connectivity index (χ1n) is 6.31. The standard InChI is InChI=1S/C14H19ClNOPS/c1-9-7-11(15)8-10(2)12(9)16-13(17)14(5-6-14)18(3,4)19/h7-8H,5-6H2,1-4H3,(H,16,17). The van der Waals surface area contributed by atoms with Gasteiger partial charge < -0.3 is 17.6 Å². The van der Waals surface area contributed by atoms with Gasteiger partial charge in [-0.25, -0.2) is 0 Å². The van der Waals surface area contributed by atoms with Gasteiger partial charge in [-0.15, -0.1) is 0 Å². The SMILES string of the molecule is Cc1cc(Cl)cc(C)c1NC(=O)C1([P+](C)(C)[S-])CC1. The van der Waals surface area contributed by atoms with E-state index in [1.807, 2.05) is 26.0 Å². The number of anilines is 1. The van der Waals surface area contributed by atoms with Gasteiger partial charge in [0, 0.05) is 24.0 Å². The second-order valence-electron chi connectivity index (χ2n) is 5.75. The first kappa shape index (κ1) is 15.2. The normalized spacial score (nSPS) is 17.2. The molecule has 0 aromatic heterocycles. The van der Waals surface area contributed by atoms with Crippen molar-refractivity contribution in [1.29, 1.82) is 0 Å². The van der Waals surface area contributed by atoms with Crippen LogP contribution in [-0.4, -0.2) is 24.4 Å². The third kappa shape index (κ3) is 2.79. The van der Waals surface area contributed by atoms with Gasteiger partial charge in [0.2, 0.25) is 0 Å². The zero-order valence-corrected chi connectivity index (χ0v) is 14.2. The zero-order chi connectivity index (χ0) is 14.4. The maximum atomic E-state index is 12.5. The Balaban J connectivity index is 2.26. The molecule has 1 aromatic carbocycles. The number of nitrogens with one attached hydrogen (secondary N) is 1. The molecule has 0 heterocycles. The molecule has 1 fully saturated rings. The van der Waals surface area contributed by atoms with E-state index in [-0.39, 0.29) is 11.1 Å². The van der Waals surface area contributed by atoms with Crippen LogP contribution in [0.25, 0.3) is 0 Å². The van der Waals surface area contributed by atoms with Crippen LogP contribution in [0.4, 0.5) is 5.69 Å². The number of halogens is 1. The lowest BCUT2D eigenvalue weighted by Crippen LogP contribution is -2.31. The summed E-state index contributed by atoms with van der Waals surface area (Å²) >= 11 is 11.6. The van der Waals surface area contributed by atoms with Crippen LogP contribution in [0.5, 0.6) is 0 Å². The van der Waals surface area contributed by atoms with E-state index in [9.17, 15) is 4.79 Å². The van der Waals surface area contributed by atoms with Gasteiger partial charge in [-0.3, -0.25) is 4.79 Å². The van der Waals surface area contributed by atoms with Crippen molar-refractivity contribution in [1.82, 2.24) is 0 Å². The Kier molecular flexibility index (Phi) is 3.94. The smallest absolute Gasteiger partial charge is 0.266 e. The summed E-state index contributed by atoms with van der Waals surface area (Å²) in [5.41, 5.74) is 2.87. The Morgan fingerprint density at radius 1 is 1.32 bits per heavy atom. The van der Waals surface area contributed by atoms with E-state index in [1.165, 1.54) is 0 Å². The van der Waals surface area contributed by atoms with Crippen molar-refractivity contribution in [2.75, 3.05) is 18.6 Å². The number of hydrogen-bond donors (Lipinski definition) is 1. The van der Waals surface area contributed by atoms with Crippen LogP contribution in [0.2, 0.25) is 5.02 Å². The second kappa shape index (κ2) is 4.95. The molecule has 0 aliphatic heterocycles. The van der Waals surface area contributed by atoms with E-state index in [0.29, 0.717) is 5.02 Å². The van der Waals surface area contributed by atoms with Crippen LogP contribution < -0.4 is 5.32 Å². The first-order chi connectivity index (χ1) is 8.67. The van der Waals surface area contributed by atoms with Crippen LogP contribution in [0.1, 0.15) is 24.0 Å². The predicted octanol–water partition coefficient (Wildman–Crippen LogP) is 4.17. The third-order valence-corrected chi connectivity index (χ3v) is 7.89. The monoisotopic (exact) mass is 315 g/mol. The van der Waals surface area contributed by atoms with E-state index >= 15 is 0 Å². The van der Waals surface area contributed by atoms with Crippen molar-refractivity contribution in [2.24, 2.45) is 0 Å². The van der Waals surface area contributed by atoms with E-state index in [4.69, 9.17) is 23.8 Å². The fourth-order valence-corrected chi connectivity index (χ4v) is 5.32. The first-order valence-corrected chi connectivity index (χ1v) is 10.4. The lowest BCUT2D eigenvalue weighted by Gasteiger charge is -2.32. The molecule has 0 atom stereocenters. The molecule has 19 heavy (non-hydrogen) atoms. The molecule has 2 nitrogen and oxygen atoms in total. The number of rotatable bonds is 3. The highest BCUT2D eigenvalue weighted by Crippen LogP contribution is 2.72. The van der Waals surface area contributed by atoms with Gasteiger partial charge in [-0.2, -0.15) is 0 Å². The van der Waals surface area contributed by atoms with Gasteiger partial charge in [0.25, 0.3) is 5.91 Å². The molecule has 0 unspecified atom stereocenters. The zero-order valence-electron chi connectivity index (χ0n) is 11.7. The molecule has 2 rings (SSSR count). The molecular formula is C14H19ClNOPS. The number of benzene rings is 1. The van der Waals surface area contributed by atoms with E-state index in [0.717, 1.165) is 29.7 Å². The average molecular weight is 316 g/mol. The summed E-state index contributed by atoms with van der Waals surface area (Å²) in [7, 11) is 0. The predicted molar refractivity (Wildman–Crippen MR) is 87.7 cm³/mol. The molecule has 1 aliphatic rings. The topological polar surface area (TPSA) is 29.1 Å². The quantitative estimate of drug-likeness (QED) is 0.670. The molecule has 5 heteroatoms. The Morgan fingerprint density at radius 2 is 1.79 bits per heavy atom. The highest BCUT2D eigenvalue weighted by Gasteiger charge is 2.60. The van der Waals surface area contributed by atoms with Crippen molar-refractivity contribution < 1.29 is 4.79 Å². The van der Waals surface area contributed by atoms with Crippen LogP contribution >= 0.6 is 18.1 Å². The molecule has 0 bridgehead atoms.